The number of rotatable bonds is 4. The van der Waals surface area contributed by atoms with Crippen molar-refractivity contribution in [3.8, 4) is 11.4 Å². The van der Waals surface area contributed by atoms with Gasteiger partial charge in [0, 0.05) is 24.2 Å². The Hall–Kier alpha value is -2.88. The highest BCUT2D eigenvalue weighted by Gasteiger charge is 2.47. The van der Waals surface area contributed by atoms with Gasteiger partial charge in [0.2, 0.25) is 0 Å². The zero-order valence-corrected chi connectivity index (χ0v) is 23.0. The summed E-state index contributed by atoms with van der Waals surface area (Å²) in [6.45, 7) is 17.7. The van der Waals surface area contributed by atoms with Crippen LogP contribution in [-0.4, -0.2) is 23.2 Å². The number of para-hydroxylation sites is 1. The van der Waals surface area contributed by atoms with E-state index in [1.807, 2.05) is 13.8 Å². The van der Waals surface area contributed by atoms with E-state index >= 15 is 0 Å². The van der Waals surface area contributed by atoms with Crippen LogP contribution in [0.4, 0.5) is 17.2 Å². The third-order valence-electron chi connectivity index (χ3n) is 7.80. The Morgan fingerprint density at radius 1 is 0.886 bits per heavy atom. The lowest BCUT2D eigenvalue weighted by Gasteiger charge is -2.44. The highest BCUT2D eigenvalue weighted by molar-refractivity contribution is 5.84. The van der Waals surface area contributed by atoms with Gasteiger partial charge >= 0.3 is 0 Å². The standard InChI is InChI=1S/C29H36N4.C2H6/c1-8-20-19(6)23-12-9-10-15-24(23)33-28-25(32(7)29(20)33)16-30-27(31-28)26-21(17(2)3)13-11-14-22(26)18(4)5;1-2/h9-20,29H,8H2,1-7H3;1-2H3. The SMILES string of the molecule is CC.CCC1C(C)c2ccccc2N2c3nc(-c4c(C(C)C)cccc4C(C)C)ncc3N(C)C12. The second-order valence-corrected chi connectivity index (χ2v) is 10.3. The first-order valence-electron chi connectivity index (χ1n) is 13.5. The maximum Gasteiger partial charge on any atom is 0.162 e. The van der Waals surface area contributed by atoms with Crippen LogP contribution in [0.25, 0.3) is 11.4 Å². The van der Waals surface area contributed by atoms with E-state index in [0.717, 1.165) is 23.8 Å². The van der Waals surface area contributed by atoms with Crippen molar-refractivity contribution in [3.63, 3.8) is 0 Å². The second-order valence-electron chi connectivity index (χ2n) is 10.3. The van der Waals surface area contributed by atoms with Crippen LogP contribution in [0.15, 0.2) is 48.7 Å². The molecule has 0 bridgehead atoms. The van der Waals surface area contributed by atoms with Crippen LogP contribution in [0.1, 0.15) is 96.3 Å². The zero-order valence-electron chi connectivity index (χ0n) is 23.0. The molecule has 2 aliphatic heterocycles. The van der Waals surface area contributed by atoms with Gasteiger partial charge in [-0.05, 0) is 46.9 Å². The fourth-order valence-corrected chi connectivity index (χ4v) is 6.04. The molecule has 0 saturated carbocycles. The first-order chi connectivity index (χ1) is 16.8. The summed E-state index contributed by atoms with van der Waals surface area (Å²) in [6, 6.07) is 15.5. The summed E-state index contributed by atoms with van der Waals surface area (Å²) in [7, 11) is 2.21. The van der Waals surface area contributed by atoms with Gasteiger partial charge in [0.1, 0.15) is 11.9 Å². The van der Waals surface area contributed by atoms with Crippen molar-refractivity contribution in [1.29, 1.82) is 0 Å². The molecule has 4 heteroatoms. The van der Waals surface area contributed by atoms with Gasteiger partial charge in [-0.2, -0.15) is 0 Å². The van der Waals surface area contributed by atoms with Gasteiger partial charge in [-0.3, -0.25) is 0 Å². The van der Waals surface area contributed by atoms with Gasteiger partial charge in [0.05, 0.1) is 6.20 Å². The highest BCUT2D eigenvalue weighted by Crippen LogP contribution is 2.53. The highest BCUT2D eigenvalue weighted by atomic mass is 15.4. The first kappa shape index (κ1) is 25.2. The average molecular weight is 471 g/mol. The van der Waals surface area contributed by atoms with Crippen LogP contribution in [0.2, 0.25) is 0 Å². The minimum absolute atomic E-state index is 0.268. The van der Waals surface area contributed by atoms with Crippen molar-refractivity contribution < 1.29 is 0 Å². The lowest BCUT2D eigenvalue weighted by atomic mass is 9.79. The molecule has 35 heavy (non-hydrogen) atoms. The molecule has 4 nitrogen and oxygen atoms in total. The average Bonchev–Trinajstić information content (AvgIpc) is 3.17. The molecule has 0 aliphatic carbocycles. The quantitative estimate of drug-likeness (QED) is 0.383. The Morgan fingerprint density at radius 2 is 1.51 bits per heavy atom. The predicted octanol–water partition coefficient (Wildman–Crippen LogP) is 8.47. The first-order valence-corrected chi connectivity index (χ1v) is 13.5. The van der Waals surface area contributed by atoms with E-state index in [2.05, 4.69) is 107 Å². The minimum Gasteiger partial charge on any atom is -0.349 e. The third-order valence-corrected chi connectivity index (χ3v) is 7.80. The maximum atomic E-state index is 5.31. The van der Waals surface area contributed by atoms with Gasteiger partial charge in [-0.1, -0.05) is 91.8 Å². The summed E-state index contributed by atoms with van der Waals surface area (Å²) < 4.78 is 0. The molecule has 0 amide bonds. The van der Waals surface area contributed by atoms with E-state index < -0.39 is 0 Å². The maximum absolute atomic E-state index is 5.31. The summed E-state index contributed by atoms with van der Waals surface area (Å²) in [5.74, 6) is 3.74. The Bertz CT molecular complexity index is 1160. The van der Waals surface area contributed by atoms with Gasteiger partial charge in [-0.25, -0.2) is 9.97 Å². The monoisotopic (exact) mass is 470 g/mol. The van der Waals surface area contributed by atoms with Crippen molar-refractivity contribution in [2.45, 2.75) is 85.7 Å². The summed E-state index contributed by atoms with van der Waals surface area (Å²) >= 11 is 0. The normalized spacial score (nSPS) is 20.4. The van der Waals surface area contributed by atoms with Crippen molar-refractivity contribution in [3.05, 3.63) is 65.4 Å². The van der Waals surface area contributed by atoms with Crippen LogP contribution in [-0.2, 0) is 0 Å². The summed E-state index contributed by atoms with van der Waals surface area (Å²) in [5, 5.41) is 0. The molecule has 3 heterocycles. The second kappa shape index (κ2) is 10.0. The van der Waals surface area contributed by atoms with Crippen LogP contribution in [0, 0.1) is 5.92 Å². The van der Waals surface area contributed by atoms with Gasteiger partial charge < -0.3 is 9.80 Å². The topological polar surface area (TPSA) is 32.3 Å². The summed E-state index contributed by atoms with van der Waals surface area (Å²) in [4.78, 5) is 15.2. The van der Waals surface area contributed by atoms with E-state index in [1.54, 1.807) is 0 Å². The number of fused-ring (bicyclic) bond motifs is 5. The number of hydrogen-bond donors (Lipinski definition) is 0. The van der Waals surface area contributed by atoms with Gasteiger partial charge in [0.15, 0.2) is 11.6 Å². The van der Waals surface area contributed by atoms with E-state index in [1.165, 1.54) is 27.9 Å². The number of nitrogens with zero attached hydrogens (tertiary/aromatic N) is 4. The van der Waals surface area contributed by atoms with Crippen molar-refractivity contribution in [2.24, 2.45) is 5.92 Å². The lowest BCUT2D eigenvalue weighted by molar-refractivity contribution is 0.339. The van der Waals surface area contributed by atoms with E-state index in [0.29, 0.717) is 23.7 Å². The van der Waals surface area contributed by atoms with Crippen molar-refractivity contribution in [1.82, 2.24) is 9.97 Å². The smallest absolute Gasteiger partial charge is 0.162 e. The molecule has 0 saturated heterocycles. The lowest BCUT2D eigenvalue weighted by Crippen LogP contribution is -2.49. The van der Waals surface area contributed by atoms with Crippen LogP contribution in [0.3, 0.4) is 0 Å². The molecule has 2 aromatic carbocycles. The Kier molecular flexibility index (Phi) is 7.21. The molecule has 186 valence electrons. The number of benzene rings is 2. The largest absolute Gasteiger partial charge is 0.349 e. The molecule has 2 aliphatic rings. The minimum atomic E-state index is 0.268. The number of hydrogen-bond acceptors (Lipinski definition) is 4. The van der Waals surface area contributed by atoms with Crippen LogP contribution in [0.5, 0.6) is 0 Å². The molecule has 0 fully saturated rings. The van der Waals surface area contributed by atoms with Crippen molar-refractivity contribution in [2.75, 3.05) is 16.8 Å². The molecule has 1 aromatic heterocycles. The molecule has 0 spiro atoms. The summed E-state index contributed by atoms with van der Waals surface area (Å²) in [5.41, 5.74) is 7.69. The molecule has 0 N–H and O–H groups in total. The predicted molar refractivity (Wildman–Crippen MR) is 150 cm³/mol. The fraction of sp³-hybridized carbons (Fsp3) is 0.484. The third kappa shape index (κ3) is 4.01. The van der Waals surface area contributed by atoms with Crippen LogP contribution < -0.4 is 9.80 Å². The molecule has 3 atom stereocenters. The van der Waals surface area contributed by atoms with Crippen molar-refractivity contribution >= 4 is 17.2 Å². The van der Waals surface area contributed by atoms with E-state index in [-0.39, 0.29) is 6.17 Å². The molecular weight excluding hydrogens is 428 g/mol. The Morgan fingerprint density at radius 3 is 2.11 bits per heavy atom. The van der Waals surface area contributed by atoms with Gasteiger partial charge in [-0.15, -0.1) is 0 Å². The molecule has 5 rings (SSSR count). The summed E-state index contributed by atoms with van der Waals surface area (Å²) in [6.07, 6.45) is 3.45. The molecule has 3 unspecified atom stereocenters. The number of aromatic nitrogens is 2. The van der Waals surface area contributed by atoms with E-state index in [9.17, 15) is 0 Å². The zero-order chi connectivity index (χ0) is 25.4. The van der Waals surface area contributed by atoms with Gasteiger partial charge in [0.25, 0.3) is 0 Å². The number of anilines is 3. The fourth-order valence-electron chi connectivity index (χ4n) is 6.04. The van der Waals surface area contributed by atoms with Crippen LogP contribution >= 0.6 is 0 Å². The Balaban J connectivity index is 0.00000141. The molecule has 0 radical (unpaired) electrons. The Labute approximate surface area is 212 Å². The molecule has 3 aromatic rings. The van der Waals surface area contributed by atoms with E-state index in [4.69, 9.17) is 9.97 Å². The molecular formula is C31H42N4.